The van der Waals surface area contributed by atoms with Gasteiger partial charge in [-0.1, -0.05) is 53.7 Å². The normalized spacial score (nSPS) is 20.8. The zero-order chi connectivity index (χ0) is 29.7. The first-order valence-electron chi connectivity index (χ1n) is 13.8. The van der Waals surface area contributed by atoms with Gasteiger partial charge in [-0.2, -0.15) is 0 Å². The fourth-order valence-corrected chi connectivity index (χ4v) is 6.62. The fraction of sp³-hybridized carbons (Fsp3) is 0.607. The molecule has 1 aromatic carbocycles. The molecule has 1 aliphatic heterocycles. The highest BCUT2D eigenvalue weighted by atomic mass is 28.4. The topological polar surface area (TPSA) is 114 Å². The van der Waals surface area contributed by atoms with Crippen molar-refractivity contribution in [1.82, 2.24) is 19.5 Å². The summed E-state index contributed by atoms with van der Waals surface area (Å²) in [4.78, 5) is 24.5. The van der Waals surface area contributed by atoms with E-state index in [2.05, 4.69) is 82.7 Å². The maximum atomic E-state index is 11.3. The minimum atomic E-state index is -2.09. The molecular weight excluding hydrogens is 543 g/mol. The summed E-state index contributed by atoms with van der Waals surface area (Å²) in [6.45, 7) is 22.9. The fourth-order valence-electron chi connectivity index (χ4n) is 4.25. The number of imidazole rings is 1. The van der Waals surface area contributed by atoms with Gasteiger partial charge in [-0.05, 0) is 36.3 Å². The smallest absolute Gasteiger partial charge is 0.270 e. The van der Waals surface area contributed by atoms with Crippen LogP contribution in [-0.2, 0) is 13.6 Å². The summed E-state index contributed by atoms with van der Waals surface area (Å²) in [7, 11) is -4.09. The number of fused-ring (bicyclic) bond motifs is 1. The molecule has 218 valence electrons. The van der Waals surface area contributed by atoms with E-state index in [0.29, 0.717) is 35.4 Å². The van der Waals surface area contributed by atoms with Gasteiger partial charge in [0.25, 0.3) is 5.69 Å². The summed E-state index contributed by atoms with van der Waals surface area (Å²) in [5.74, 6) is 0. The second kappa shape index (κ2) is 10.7. The van der Waals surface area contributed by atoms with E-state index in [0.717, 1.165) is 0 Å². The lowest BCUT2D eigenvalue weighted by Gasteiger charge is -2.40. The van der Waals surface area contributed by atoms with Gasteiger partial charge in [0.05, 0.1) is 24.0 Å². The number of hydrogen-bond acceptors (Lipinski definition) is 8. The summed E-state index contributed by atoms with van der Waals surface area (Å²) in [6.07, 6.45) is 3.10. The SMILES string of the molecule is CC(C)(C)[Si](C)(C)OC[C@H]1O[C@@H](n2cnc3c(-c4cccc([N+](=O)[O-])c4)ncnc32)C[C@@H]1O[Si](C)(C)C(C)(C)C. The molecule has 0 spiro atoms. The van der Waals surface area contributed by atoms with Crippen LogP contribution in [-0.4, -0.2) is 59.9 Å². The van der Waals surface area contributed by atoms with Crippen LogP contribution in [0.1, 0.15) is 54.2 Å². The van der Waals surface area contributed by atoms with Gasteiger partial charge in [0.2, 0.25) is 0 Å². The molecule has 0 saturated carbocycles. The maximum Gasteiger partial charge on any atom is 0.270 e. The van der Waals surface area contributed by atoms with E-state index in [4.69, 9.17) is 13.6 Å². The molecule has 1 fully saturated rings. The number of nitro benzene ring substituents is 1. The minimum absolute atomic E-state index is 0.00184. The second-order valence-electron chi connectivity index (χ2n) is 13.7. The Bertz CT molecular complexity index is 1380. The predicted molar refractivity (Wildman–Crippen MR) is 161 cm³/mol. The number of nitrogens with zero attached hydrogens (tertiary/aromatic N) is 5. The van der Waals surface area contributed by atoms with E-state index in [-0.39, 0.29) is 34.2 Å². The summed E-state index contributed by atoms with van der Waals surface area (Å²) < 4.78 is 22.1. The molecule has 0 unspecified atom stereocenters. The third-order valence-electron chi connectivity index (χ3n) is 8.85. The number of non-ortho nitro benzene ring substituents is 1. The number of benzene rings is 1. The molecule has 2 aromatic heterocycles. The first kappa shape index (κ1) is 30.4. The van der Waals surface area contributed by atoms with Gasteiger partial charge >= 0.3 is 0 Å². The Hall–Kier alpha value is -2.52. The van der Waals surface area contributed by atoms with Crippen LogP contribution in [0.3, 0.4) is 0 Å². The molecule has 0 N–H and O–H groups in total. The summed E-state index contributed by atoms with van der Waals surface area (Å²) >= 11 is 0. The lowest BCUT2D eigenvalue weighted by atomic mass is 10.1. The summed E-state index contributed by atoms with van der Waals surface area (Å²) in [5, 5.41) is 11.5. The molecule has 0 bridgehead atoms. The third-order valence-corrected chi connectivity index (χ3v) is 17.9. The van der Waals surface area contributed by atoms with Crippen molar-refractivity contribution in [2.24, 2.45) is 0 Å². The lowest BCUT2D eigenvalue weighted by Crippen LogP contribution is -2.48. The van der Waals surface area contributed by atoms with Crippen molar-refractivity contribution < 1.29 is 18.5 Å². The molecule has 0 radical (unpaired) electrons. The van der Waals surface area contributed by atoms with Crippen LogP contribution >= 0.6 is 0 Å². The predicted octanol–water partition coefficient (Wildman–Crippen LogP) is 7.10. The zero-order valence-electron chi connectivity index (χ0n) is 25.4. The first-order chi connectivity index (χ1) is 18.4. The lowest BCUT2D eigenvalue weighted by molar-refractivity contribution is -0.384. The first-order valence-corrected chi connectivity index (χ1v) is 19.6. The monoisotopic (exact) mass is 585 g/mol. The van der Waals surface area contributed by atoms with Gasteiger partial charge < -0.3 is 13.6 Å². The molecule has 0 amide bonds. The summed E-state index contributed by atoms with van der Waals surface area (Å²) in [6, 6.07) is 6.40. The van der Waals surface area contributed by atoms with E-state index in [1.54, 1.807) is 18.5 Å². The van der Waals surface area contributed by atoms with Crippen molar-refractivity contribution in [3.05, 3.63) is 47.0 Å². The molecule has 10 nitrogen and oxygen atoms in total. The Morgan fingerprint density at radius 2 is 1.73 bits per heavy atom. The molecule has 40 heavy (non-hydrogen) atoms. The largest absolute Gasteiger partial charge is 0.414 e. The molecule has 12 heteroatoms. The Kier molecular flexibility index (Phi) is 8.15. The Morgan fingerprint density at radius 1 is 1.05 bits per heavy atom. The highest BCUT2D eigenvalue weighted by Crippen LogP contribution is 2.43. The molecule has 0 aliphatic carbocycles. The van der Waals surface area contributed by atoms with E-state index < -0.39 is 21.6 Å². The average molecular weight is 586 g/mol. The van der Waals surface area contributed by atoms with E-state index in [9.17, 15) is 10.1 Å². The van der Waals surface area contributed by atoms with E-state index in [1.807, 2.05) is 4.57 Å². The Balaban J connectivity index is 1.66. The molecule has 4 rings (SSSR count). The maximum absolute atomic E-state index is 11.3. The highest BCUT2D eigenvalue weighted by molar-refractivity contribution is 6.74. The highest BCUT2D eigenvalue weighted by Gasteiger charge is 2.47. The number of aromatic nitrogens is 4. The quantitative estimate of drug-likeness (QED) is 0.156. The zero-order valence-corrected chi connectivity index (χ0v) is 27.4. The van der Waals surface area contributed by atoms with Crippen LogP contribution in [0.5, 0.6) is 0 Å². The molecule has 1 saturated heterocycles. The standard InChI is InChI=1S/C28H43N5O5Si2/c1-27(2,3)39(7,8)36-16-22-21(38-40(9,10)28(4,5)6)15-23(37-22)32-18-31-25-24(29-17-30-26(25)32)19-12-11-13-20(14-19)33(34)35/h11-14,17-18,21-23H,15-16H2,1-10H3/t21-,22+,23+/m0/s1. The van der Waals surface area contributed by atoms with Crippen LogP contribution in [0.4, 0.5) is 5.69 Å². The van der Waals surface area contributed by atoms with Crippen molar-refractivity contribution in [2.45, 2.75) is 103 Å². The van der Waals surface area contributed by atoms with Crippen molar-refractivity contribution in [1.29, 1.82) is 0 Å². The van der Waals surface area contributed by atoms with Gasteiger partial charge in [0.1, 0.15) is 29.9 Å². The van der Waals surface area contributed by atoms with Gasteiger partial charge in [-0.15, -0.1) is 0 Å². The Labute approximate surface area is 238 Å². The van der Waals surface area contributed by atoms with Gasteiger partial charge in [-0.25, -0.2) is 15.0 Å². The third kappa shape index (κ3) is 6.05. The number of nitro groups is 1. The van der Waals surface area contributed by atoms with Crippen LogP contribution < -0.4 is 0 Å². The molecular formula is C28H43N5O5Si2. The van der Waals surface area contributed by atoms with Crippen LogP contribution in [0.25, 0.3) is 22.4 Å². The Morgan fingerprint density at radius 3 is 2.35 bits per heavy atom. The number of rotatable bonds is 8. The van der Waals surface area contributed by atoms with Crippen molar-refractivity contribution in [2.75, 3.05) is 6.61 Å². The molecule has 3 atom stereocenters. The van der Waals surface area contributed by atoms with E-state index in [1.165, 1.54) is 18.5 Å². The number of ether oxygens (including phenoxy) is 1. The number of hydrogen-bond donors (Lipinski definition) is 0. The van der Waals surface area contributed by atoms with Crippen molar-refractivity contribution in [3.8, 4) is 11.3 Å². The molecule has 3 aromatic rings. The van der Waals surface area contributed by atoms with Gasteiger partial charge in [-0.3, -0.25) is 14.7 Å². The van der Waals surface area contributed by atoms with Crippen LogP contribution in [0.2, 0.25) is 36.3 Å². The summed E-state index contributed by atoms with van der Waals surface area (Å²) in [5.41, 5.74) is 2.32. The molecule has 3 heterocycles. The molecule has 1 aliphatic rings. The van der Waals surface area contributed by atoms with Crippen molar-refractivity contribution in [3.63, 3.8) is 0 Å². The average Bonchev–Trinajstić information content (AvgIpc) is 3.45. The minimum Gasteiger partial charge on any atom is -0.414 e. The van der Waals surface area contributed by atoms with Gasteiger partial charge in [0.15, 0.2) is 22.3 Å². The van der Waals surface area contributed by atoms with Gasteiger partial charge in [0, 0.05) is 24.1 Å². The van der Waals surface area contributed by atoms with Crippen LogP contribution in [0, 0.1) is 10.1 Å². The second-order valence-corrected chi connectivity index (χ2v) is 23.3. The van der Waals surface area contributed by atoms with E-state index >= 15 is 0 Å². The van der Waals surface area contributed by atoms with Crippen LogP contribution in [0.15, 0.2) is 36.9 Å². The van der Waals surface area contributed by atoms with Crippen molar-refractivity contribution >= 4 is 33.5 Å².